The number of aliphatic hydroxyl groups is 1. The van der Waals surface area contributed by atoms with Gasteiger partial charge in [-0.3, -0.25) is 0 Å². The molecule has 1 atom stereocenters. The van der Waals surface area contributed by atoms with E-state index in [-0.39, 0.29) is 6.61 Å². The molecule has 0 radical (unpaired) electrons. The summed E-state index contributed by atoms with van der Waals surface area (Å²) in [6.07, 6.45) is -0.763. The predicted octanol–water partition coefficient (Wildman–Crippen LogP) is 1.23. The lowest BCUT2D eigenvalue weighted by Gasteiger charge is -2.18. The van der Waals surface area contributed by atoms with Crippen LogP contribution in [0.25, 0.3) is 0 Å². The van der Waals surface area contributed by atoms with Crippen LogP contribution in [0.2, 0.25) is 0 Å². The van der Waals surface area contributed by atoms with Crippen LogP contribution < -0.4 is 10.1 Å². The molecule has 0 aromatic heterocycles. The Kier molecular flexibility index (Phi) is 5.34. The summed E-state index contributed by atoms with van der Waals surface area (Å²) in [5, 5.41) is 12.9. The Labute approximate surface area is 100 Å². The van der Waals surface area contributed by atoms with Crippen LogP contribution in [-0.4, -0.2) is 32.9 Å². The number of hydrogen-bond acceptors (Lipinski definition) is 4. The molecule has 1 rings (SSSR count). The summed E-state index contributed by atoms with van der Waals surface area (Å²) >= 11 is 0. The molecule has 1 aromatic rings. The predicted molar refractivity (Wildman–Crippen MR) is 62.6 cm³/mol. The fourth-order valence-corrected chi connectivity index (χ4v) is 1.76. The van der Waals surface area contributed by atoms with Gasteiger partial charge in [0.05, 0.1) is 19.8 Å². The molecule has 4 nitrogen and oxygen atoms in total. The van der Waals surface area contributed by atoms with Crippen molar-refractivity contribution < 1.29 is 19.0 Å². The van der Waals surface area contributed by atoms with Gasteiger partial charge in [0.15, 0.2) is 0 Å². The van der Waals surface area contributed by atoms with Gasteiger partial charge in [-0.25, -0.2) is 4.39 Å². The van der Waals surface area contributed by atoms with Crippen molar-refractivity contribution in [3.8, 4) is 5.75 Å². The van der Waals surface area contributed by atoms with Crippen molar-refractivity contribution in [1.29, 1.82) is 0 Å². The Hall–Kier alpha value is -1.17. The second-order valence-corrected chi connectivity index (χ2v) is 3.69. The number of likely N-dealkylation sites (N-methyl/N-ethyl adjacent to an activating group) is 1. The van der Waals surface area contributed by atoms with E-state index in [1.54, 1.807) is 7.05 Å². The van der Waals surface area contributed by atoms with Crippen molar-refractivity contribution in [2.45, 2.75) is 12.7 Å². The minimum Gasteiger partial charge on any atom is -0.496 e. The zero-order valence-corrected chi connectivity index (χ0v) is 10.3. The molecule has 17 heavy (non-hydrogen) atoms. The SMILES string of the molecule is CNCC(O)c1c(COC)cc(F)cc1OC. The summed E-state index contributed by atoms with van der Waals surface area (Å²) in [7, 11) is 4.70. The number of benzene rings is 1. The fraction of sp³-hybridized carbons (Fsp3) is 0.500. The van der Waals surface area contributed by atoms with Crippen LogP contribution in [0.1, 0.15) is 17.2 Å². The van der Waals surface area contributed by atoms with E-state index in [0.717, 1.165) is 0 Å². The summed E-state index contributed by atoms with van der Waals surface area (Å²) in [4.78, 5) is 0. The van der Waals surface area contributed by atoms with Gasteiger partial charge in [-0.1, -0.05) is 0 Å². The molecule has 5 heteroatoms. The topological polar surface area (TPSA) is 50.7 Å². The highest BCUT2D eigenvalue weighted by atomic mass is 19.1. The van der Waals surface area contributed by atoms with Gasteiger partial charge in [0, 0.05) is 25.3 Å². The van der Waals surface area contributed by atoms with Crippen molar-refractivity contribution in [2.75, 3.05) is 27.8 Å². The average Bonchev–Trinajstić information content (AvgIpc) is 2.28. The Bertz CT molecular complexity index is 371. The number of halogens is 1. The molecular formula is C12H18FNO3. The largest absolute Gasteiger partial charge is 0.496 e. The van der Waals surface area contributed by atoms with Gasteiger partial charge in [0.1, 0.15) is 11.6 Å². The average molecular weight is 243 g/mol. The molecule has 0 aliphatic rings. The first-order valence-corrected chi connectivity index (χ1v) is 5.32. The van der Waals surface area contributed by atoms with E-state index in [2.05, 4.69) is 5.32 Å². The molecule has 0 bridgehead atoms. The minimum absolute atomic E-state index is 0.226. The first-order valence-electron chi connectivity index (χ1n) is 5.32. The second kappa shape index (κ2) is 6.54. The molecule has 1 aromatic carbocycles. The van der Waals surface area contributed by atoms with E-state index >= 15 is 0 Å². The number of rotatable bonds is 6. The summed E-state index contributed by atoms with van der Waals surface area (Å²) in [5.41, 5.74) is 1.15. The zero-order chi connectivity index (χ0) is 12.8. The van der Waals surface area contributed by atoms with Crippen LogP contribution >= 0.6 is 0 Å². The number of ether oxygens (including phenoxy) is 2. The fourth-order valence-electron chi connectivity index (χ4n) is 1.76. The van der Waals surface area contributed by atoms with Gasteiger partial charge in [0.25, 0.3) is 0 Å². The van der Waals surface area contributed by atoms with E-state index in [1.165, 1.54) is 26.4 Å². The Morgan fingerprint density at radius 2 is 2.12 bits per heavy atom. The summed E-state index contributed by atoms with van der Waals surface area (Å²) < 4.78 is 23.4. The molecule has 0 amide bonds. The van der Waals surface area contributed by atoms with Gasteiger partial charge in [0.2, 0.25) is 0 Å². The number of methoxy groups -OCH3 is 2. The van der Waals surface area contributed by atoms with Crippen LogP contribution in [0.5, 0.6) is 5.75 Å². The summed E-state index contributed by atoms with van der Waals surface area (Å²) in [6.45, 7) is 0.586. The molecule has 0 aliphatic carbocycles. The first kappa shape index (κ1) is 13.9. The van der Waals surface area contributed by atoms with Crippen LogP contribution in [0.3, 0.4) is 0 Å². The normalized spacial score (nSPS) is 12.5. The number of hydrogen-bond donors (Lipinski definition) is 2. The molecule has 0 heterocycles. The highest BCUT2D eigenvalue weighted by Crippen LogP contribution is 2.30. The van der Waals surface area contributed by atoms with E-state index in [9.17, 15) is 9.50 Å². The maximum absolute atomic E-state index is 13.3. The standard InChI is InChI=1S/C12H18FNO3/c1-14-6-10(15)12-8(7-16-2)4-9(13)5-11(12)17-3/h4-5,10,14-15H,6-7H2,1-3H3. The highest BCUT2D eigenvalue weighted by molar-refractivity contribution is 5.42. The van der Waals surface area contributed by atoms with E-state index in [0.29, 0.717) is 23.4 Å². The van der Waals surface area contributed by atoms with Gasteiger partial charge >= 0.3 is 0 Å². The summed E-state index contributed by atoms with van der Waals surface area (Å²) in [5.74, 6) is -0.0749. The van der Waals surface area contributed by atoms with Crippen molar-refractivity contribution in [3.63, 3.8) is 0 Å². The molecule has 0 saturated heterocycles. The number of nitrogens with one attached hydrogen (secondary N) is 1. The van der Waals surface area contributed by atoms with Gasteiger partial charge in [-0.15, -0.1) is 0 Å². The third-order valence-corrected chi connectivity index (χ3v) is 2.44. The molecule has 0 spiro atoms. The Morgan fingerprint density at radius 1 is 1.41 bits per heavy atom. The van der Waals surface area contributed by atoms with Crippen LogP contribution in [0, 0.1) is 5.82 Å². The van der Waals surface area contributed by atoms with Gasteiger partial charge in [-0.2, -0.15) is 0 Å². The van der Waals surface area contributed by atoms with Crippen molar-refractivity contribution >= 4 is 0 Å². The smallest absolute Gasteiger partial charge is 0.127 e. The lowest BCUT2D eigenvalue weighted by atomic mass is 10.0. The quantitative estimate of drug-likeness (QED) is 0.789. The zero-order valence-electron chi connectivity index (χ0n) is 10.3. The minimum atomic E-state index is -0.763. The lowest BCUT2D eigenvalue weighted by molar-refractivity contribution is 0.157. The van der Waals surface area contributed by atoms with Gasteiger partial charge in [-0.05, 0) is 18.7 Å². The number of aliphatic hydroxyl groups excluding tert-OH is 1. The third kappa shape index (κ3) is 3.39. The summed E-state index contributed by atoms with van der Waals surface area (Å²) in [6, 6.07) is 2.60. The van der Waals surface area contributed by atoms with Crippen LogP contribution in [-0.2, 0) is 11.3 Å². The van der Waals surface area contributed by atoms with E-state index in [4.69, 9.17) is 9.47 Å². The third-order valence-electron chi connectivity index (χ3n) is 2.44. The highest BCUT2D eigenvalue weighted by Gasteiger charge is 2.18. The van der Waals surface area contributed by atoms with Crippen LogP contribution in [0.4, 0.5) is 4.39 Å². The molecule has 0 aliphatic heterocycles. The maximum atomic E-state index is 13.3. The molecule has 2 N–H and O–H groups in total. The van der Waals surface area contributed by atoms with Crippen molar-refractivity contribution in [2.24, 2.45) is 0 Å². The Balaban J connectivity index is 3.20. The molecule has 96 valence electrons. The Morgan fingerprint density at radius 3 is 2.65 bits per heavy atom. The molecular weight excluding hydrogens is 225 g/mol. The van der Waals surface area contributed by atoms with Crippen molar-refractivity contribution in [1.82, 2.24) is 5.32 Å². The second-order valence-electron chi connectivity index (χ2n) is 3.69. The van der Waals surface area contributed by atoms with E-state index in [1.807, 2.05) is 0 Å². The molecule has 0 fully saturated rings. The lowest BCUT2D eigenvalue weighted by Crippen LogP contribution is -2.19. The molecule has 0 saturated carbocycles. The molecule has 1 unspecified atom stereocenters. The first-order chi connectivity index (χ1) is 8.13. The van der Waals surface area contributed by atoms with Gasteiger partial charge < -0.3 is 19.9 Å². The van der Waals surface area contributed by atoms with Crippen molar-refractivity contribution in [3.05, 3.63) is 29.1 Å². The van der Waals surface area contributed by atoms with E-state index < -0.39 is 11.9 Å². The van der Waals surface area contributed by atoms with Crippen LogP contribution in [0.15, 0.2) is 12.1 Å². The maximum Gasteiger partial charge on any atom is 0.127 e. The monoisotopic (exact) mass is 243 g/mol.